The first-order valence-corrected chi connectivity index (χ1v) is 9.19. The van der Waals surface area contributed by atoms with Crippen LogP contribution < -0.4 is 10.5 Å². The number of quaternary nitrogens is 1. The molecular formula is C20H17N3O3S. The fraction of sp³-hybridized carbons (Fsp3) is 0.0500. The molecule has 6 nitrogen and oxygen atoms in total. The standard InChI is InChI=1S/C20H17N3O3S/c1-13-2-6-15(7-3-13)21-20-22-17(12-27-20)19-11-10-18(26-19)14-4-8-16(9-5-14)23(24)25/h2-12,23-24H,1H3,(H,21,22). The third-order valence-corrected chi connectivity index (χ3v) is 4.84. The van der Waals surface area contributed by atoms with Crippen LogP contribution in [0, 0.1) is 12.1 Å². The van der Waals surface area contributed by atoms with E-state index < -0.39 is 5.23 Å². The van der Waals surface area contributed by atoms with Gasteiger partial charge < -0.3 is 14.9 Å². The lowest BCUT2D eigenvalue weighted by Gasteiger charge is -2.11. The molecule has 0 radical (unpaired) electrons. The van der Waals surface area contributed by atoms with Crippen LogP contribution in [-0.2, 0) is 0 Å². The second-order valence-corrected chi connectivity index (χ2v) is 6.93. The van der Waals surface area contributed by atoms with Crippen LogP contribution in [0.2, 0.25) is 0 Å². The van der Waals surface area contributed by atoms with Crippen molar-refractivity contribution < 1.29 is 14.9 Å². The van der Waals surface area contributed by atoms with Crippen molar-refractivity contribution in [2.75, 3.05) is 5.32 Å². The van der Waals surface area contributed by atoms with Crippen molar-refractivity contribution in [1.82, 2.24) is 4.98 Å². The Balaban J connectivity index is 1.51. The van der Waals surface area contributed by atoms with Gasteiger partial charge in [-0.05, 0) is 43.3 Å². The third-order valence-electron chi connectivity index (χ3n) is 4.08. The molecule has 0 fully saturated rings. The largest absolute Gasteiger partial charge is 0.595 e. The summed E-state index contributed by atoms with van der Waals surface area (Å²) in [6.45, 7) is 2.05. The molecule has 1 atom stereocenters. The zero-order valence-electron chi connectivity index (χ0n) is 14.5. The second kappa shape index (κ2) is 7.34. The minimum absolute atomic E-state index is 0.247. The summed E-state index contributed by atoms with van der Waals surface area (Å²) < 4.78 is 5.90. The number of aryl methyl sites for hydroxylation is 1. The SMILES string of the molecule is Cc1ccc(Nc2nc(-c3ccc(-c4ccc([NH+]([O-])O)cc4)o3)cs2)cc1. The van der Waals surface area contributed by atoms with Gasteiger partial charge in [-0.25, -0.2) is 10.2 Å². The fourth-order valence-corrected chi connectivity index (χ4v) is 3.33. The molecule has 2 aromatic heterocycles. The van der Waals surface area contributed by atoms with Crippen LogP contribution in [0.5, 0.6) is 0 Å². The van der Waals surface area contributed by atoms with Gasteiger partial charge in [0.2, 0.25) is 0 Å². The highest BCUT2D eigenvalue weighted by atomic mass is 32.1. The van der Waals surface area contributed by atoms with E-state index in [1.807, 2.05) is 41.8 Å². The first kappa shape index (κ1) is 17.4. The molecule has 7 heteroatoms. The molecule has 0 aliphatic heterocycles. The Bertz CT molecular complexity index is 1040. The Labute approximate surface area is 159 Å². The molecule has 0 aliphatic rings. The summed E-state index contributed by atoms with van der Waals surface area (Å²) in [4.78, 5) is 4.58. The van der Waals surface area contributed by atoms with Gasteiger partial charge in [0.1, 0.15) is 11.5 Å². The van der Waals surface area contributed by atoms with Crippen LogP contribution in [0.3, 0.4) is 0 Å². The maximum Gasteiger partial charge on any atom is 0.187 e. The molecule has 0 saturated heterocycles. The number of nitrogens with one attached hydrogen (secondary N) is 2. The summed E-state index contributed by atoms with van der Waals surface area (Å²) >= 11 is 1.51. The lowest BCUT2D eigenvalue weighted by Crippen LogP contribution is -2.99. The Kier molecular flexibility index (Phi) is 4.74. The minimum atomic E-state index is -0.947. The fourth-order valence-electron chi connectivity index (χ4n) is 2.61. The number of thiazole rings is 1. The molecule has 4 rings (SSSR count). The molecule has 0 amide bonds. The minimum Gasteiger partial charge on any atom is -0.595 e. The van der Waals surface area contributed by atoms with Crippen molar-refractivity contribution in [2.45, 2.75) is 6.92 Å². The monoisotopic (exact) mass is 379 g/mol. The zero-order valence-corrected chi connectivity index (χ0v) is 15.3. The van der Waals surface area contributed by atoms with Gasteiger partial charge in [0.25, 0.3) is 0 Å². The Hall–Kier alpha value is -2.97. The summed E-state index contributed by atoms with van der Waals surface area (Å²) in [5.74, 6) is 1.34. The third kappa shape index (κ3) is 3.91. The van der Waals surface area contributed by atoms with Gasteiger partial charge in [-0.3, -0.25) is 0 Å². The lowest BCUT2D eigenvalue weighted by molar-refractivity contribution is -0.991. The highest BCUT2D eigenvalue weighted by Crippen LogP contribution is 2.31. The molecule has 0 aliphatic carbocycles. The van der Waals surface area contributed by atoms with Crippen molar-refractivity contribution in [3.63, 3.8) is 0 Å². The lowest BCUT2D eigenvalue weighted by atomic mass is 10.1. The molecule has 0 bridgehead atoms. The van der Waals surface area contributed by atoms with Crippen LogP contribution in [0.4, 0.5) is 16.5 Å². The molecule has 1 unspecified atom stereocenters. The number of aromatic nitrogens is 1. The maximum atomic E-state index is 11.0. The van der Waals surface area contributed by atoms with Gasteiger partial charge >= 0.3 is 0 Å². The molecule has 2 aromatic carbocycles. The maximum absolute atomic E-state index is 11.0. The molecule has 27 heavy (non-hydrogen) atoms. The highest BCUT2D eigenvalue weighted by Gasteiger charge is 2.11. The van der Waals surface area contributed by atoms with E-state index in [1.165, 1.54) is 16.9 Å². The number of hydrogen-bond acceptors (Lipinski definition) is 6. The molecule has 0 spiro atoms. The Morgan fingerprint density at radius 1 is 1.00 bits per heavy atom. The zero-order chi connectivity index (χ0) is 18.8. The van der Waals surface area contributed by atoms with E-state index in [2.05, 4.69) is 17.2 Å². The van der Waals surface area contributed by atoms with Crippen molar-refractivity contribution in [1.29, 1.82) is 0 Å². The van der Waals surface area contributed by atoms with E-state index in [4.69, 9.17) is 9.62 Å². The number of benzene rings is 2. The van der Waals surface area contributed by atoms with E-state index in [9.17, 15) is 5.21 Å². The highest BCUT2D eigenvalue weighted by molar-refractivity contribution is 7.14. The molecule has 2 heterocycles. The predicted molar refractivity (Wildman–Crippen MR) is 105 cm³/mol. The van der Waals surface area contributed by atoms with Crippen LogP contribution in [0.15, 0.2) is 70.5 Å². The van der Waals surface area contributed by atoms with Crippen LogP contribution in [0.1, 0.15) is 5.56 Å². The molecular weight excluding hydrogens is 362 g/mol. The van der Waals surface area contributed by atoms with Crippen molar-refractivity contribution in [3.8, 4) is 22.8 Å². The molecule has 3 N–H and O–H groups in total. The number of furan rings is 1. The first-order chi connectivity index (χ1) is 13.1. The van der Waals surface area contributed by atoms with Gasteiger partial charge in [0, 0.05) is 28.8 Å². The average molecular weight is 379 g/mol. The van der Waals surface area contributed by atoms with Crippen LogP contribution in [0.25, 0.3) is 22.8 Å². The van der Waals surface area contributed by atoms with Gasteiger partial charge in [-0.1, -0.05) is 17.7 Å². The van der Waals surface area contributed by atoms with E-state index in [0.29, 0.717) is 11.5 Å². The summed E-state index contributed by atoms with van der Waals surface area (Å²) in [5.41, 5.74) is 4.01. The van der Waals surface area contributed by atoms with Gasteiger partial charge in [-0.15, -0.1) is 11.3 Å². The number of nitrogens with zero attached hydrogens (tertiary/aromatic N) is 1. The van der Waals surface area contributed by atoms with Gasteiger partial charge in [0.15, 0.2) is 16.6 Å². The Morgan fingerprint density at radius 3 is 2.41 bits per heavy atom. The number of anilines is 2. The smallest absolute Gasteiger partial charge is 0.187 e. The van der Waals surface area contributed by atoms with Crippen molar-refractivity contribution in [2.24, 2.45) is 0 Å². The van der Waals surface area contributed by atoms with Crippen LogP contribution >= 0.6 is 11.3 Å². The predicted octanol–water partition coefficient (Wildman–Crippen LogP) is 4.53. The van der Waals surface area contributed by atoms with Gasteiger partial charge in [-0.2, -0.15) is 5.23 Å². The van der Waals surface area contributed by atoms with Crippen LogP contribution in [-0.4, -0.2) is 10.2 Å². The summed E-state index contributed by atoms with van der Waals surface area (Å²) in [5, 5.41) is 25.0. The molecule has 0 saturated carbocycles. The second-order valence-electron chi connectivity index (χ2n) is 6.08. The Morgan fingerprint density at radius 2 is 1.70 bits per heavy atom. The first-order valence-electron chi connectivity index (χ1n) is 8.32. The van der Waals surface area contributed by atoms with E-state index in [-0.39, 0.29) is 5.69 Å². The number of hydrogen-bond donors (Lipinski definition) is 3. The van der Waals surface area contributed by atoms with E-state index in [1.54, 1.807) is 24.3 Å². The molecule has 136 valence electrons. The van der Waals surface area contributed by atoms with E-state index in [0.717, 1.165) is 22.1 Å². The summed E-state index contributed by atoms with van der Waals surface area (Å²) in [6.07, 6.45) is 0. The van der Waals surface area contributed by atoms with Crippen molar-refractivity contribution >= 4 is 27.8 Å². The number of rotatable bonds is 5. The van der Waals surface area contributed by atoms with Gasteiger partial charge in [0.05, 0.1) is 0 Å². The molecule has 4 aromatic rings. The summed E-state index contributed by atoms with van der Waals surface area (Å²) in [7, 11) is 0. The summed E-state index contributed by atoms with van der Waals surface area (Å²) in [6, 6.07) is 18.4. The average Bonchev–Trinajstić information content (AvgIpc) is 3.33. The quantitative estimate of drug-likeness (QED) is 0.444. The normalized spacial score (nSPS) is 12.1. The topological polar surface area (TPSA) is 85.8 Å². The van der Waals surface area contributed by atoms with Crippen molar-refractivity contribution in [3.05, 3.63) is 76.8 Å². The van der Waals surface area contributed by atoms with E-state index >= 15 is 0 Å².